The summed E-state index contributed by atoms with van der Waals surface area (Å²) in [6, 6.07) is -0.599. The normalized spacial score (nSPS) is 22.1. The molecule has 1 heterocycles. The molecule has 0 radical (unpaired) electrons. The largest absolute Gasteiger partial charge is 0.330 e. The quantitative estimate of drug-likeness (QED) is 0.687. The third-order valence-electron chi connectivity index (χ3n) is 2.63. The predicted octanol–water partition coefficient (Wildman–Crippen LogP) is 0.396. The molecule has 1 rings (SSSR count). The predicted molar refractivity (Wildman–Crippen MR) is 57.2 cm³/mol. The van der Waals surface area contributed by atoms with Crippen molar-refractivity contribution < 1.29 is 9.59 Å². The molecule has 2 N–H and O–H groups in total. The Morgan fingerprint density at radius 2 is 2.00 bits per heavy atom. The van der Waals surface area contributed by atoms with Crippen LogP contribution in [0, 0.1) is 0 Å². The van der Waals surface area contributed by atoms with Crippen LogP contribution in [0.2, 0.25) is 0 Å². The molecule has 0 aromatic rings. The molecule has 5 nitrogen and oxygen atoms in total. The van der Waals surface area contributed by atoms with E-state index in [-0.39, 0.29) is 24.0 Å². The molecular weight excluding hydrogens is 194 g/mol. The van der Waals surface area contributed by atoms with Crippen LogP contribution in [0.3, 0.4) is 0 Å². The molecule has 0 aromatic heterocycles. The van der Waals surface area contributed by atoms with Crippen molar-refractivity contribution in [3.05, 3.63) is 0 Å². The Morgan fingerprint density at radius 1 is 1.40 bits per heavy atom. The molecule has 0 saturated carbocycles. The topological polar surface area (TPSA) is 66.6 Å². The second kappa shape index (κ2) is 4.61. The first-order chi connectivity index (χ1) is 7.00. The van der Waals surface area contributed by atoms with Gasteiger partial charge in [-0.05, 0) is 33.7 Å². The van der Waals surface area contributed by atoms with Crippen LogP contribution in [0.1, 0.15) is 27.2 Å². The first-order valence-corrected chi connectivity index (χ1v) is 5.34. The monoisotopic (exact) mass is 213 g/mol. The second-order valence-corrected chi connectivity index (χ2v) is 4.10. The van der Waals surface area contributed by atoms with Gasteiger partial charge < -0.3 is 10.6 Å². The van der Waals surface area contributed by atoms with E-state index >= 15 is 0 Å². The summed E-state index contributed by atoms with van der Waals surface area (Å²) < 4.78 is 0. The maximum Gasteiger partial charge on any atom is 0.327 e. The molecule has 0 bridgehead atoms. The van der Waals surface area contributed by atoms with E-state index in [0.717, 1.165) is 6.42 Å². The molecule has 1 unspecified atom stereocenters. The fourth-order valence-corrected chi connectivity index (χ4v) is 1.76. The summed E-state index contributed by atoms with van der Waals surface area (Å²) >= 11 is 0. The molecule has 0 aromatic carbocycles. The molecule has 1 saturated heterocycles. The molecule has 0 spiro atoms. The summed E-state index contributed by atoms with van der Waals surface area (Å²) in [4.78, 5) is 26.5. The van der Waals surface area contributed by atoms with Gasteiger partial charge in [0, 0.05) is 12.6 Å². The highest BCUT2D eigenvalue weighted by molar-refractivity contribution is 6.04. The number of amides is 3. The van der Waals surface area contributed by atoms with Gasteiger partial charge in [-0.2, -0.15) is 0 Å². The third kappa shape index (κ3) is 2.12. The van der Waals surface area contributed by atoms with Crippen molar-refractivity contribution in [2.75, 3.05) is 13.1 Å². The molecule has 3 amide bonds. The molecule has 1 aliphatic heterocycles. The van der Waals surface area contributed by atoms with E-state index in [4.69, 9.17) is 5.73 Å². The second-order valence-electron chi connectivity index (χ2n) is 4.10. The maximum absolute atomic E-state index is 11.9. The molecule has 1 aliphatic rings. The van der Waals surface area contributed by atoms with Gasteiger partial charge in [0.1, 0.15) is 6.04 Å². The van der Waals surface area contributed by atoms with Crippen molar-refractivity contribution in [1.29, 1.82) is 0 Å². The number of imide groups is 1. The summed E-state index contributed by atoms with van der Waals surface area (Å²) in [5, 5.41) is 0. The highest BCUT2D eigenvalue weighted by atomic mass is 16.2. The Balaban J connectivity index is 2.76. The molecule has 86 valence electrons. The lowest BCUT2D eigenvalue weighted by Crippen LogP contribution is -2.38. The molecule has 1 atom stereocenters. The minimum absolute atomic E-state index is 0.0738. The number of rotatable bonds is 4. The minimum Gasteiger partial charge on any atom is -0.330 e. The average Bonchev–Trinajstić information content (AvgIpc) is 2.37. The van der Waals surface area contributed by atoms with Crippen LogP contribution in [0.25, 0.3) is 0 Å². The van der Waals surface area contributed by atoms with Gasteiger partial charge in [-0.25, -0.2) is 4.79 Å². The lowest BCUT2D eigenvalue weighted by Gasteiger charge is -2.20. The lowest BCUT2D eigenvalue weighted by molar-refractivity contribution is -0.128. The zero-order valence-corrected chi connectivity index (χ0v) is 9.56. The maximum atomic E-state index is 11.9. The number of nitrogens with zero attached hydrogens (tertiary/aromatic N) is 2. The van der Waals surface area contributed by atoms with E-state index in [1.54, 1.807) is 11.8 Å². The number of nitrogens with two attached hydrogens (primary N) is 1. The highest BCUT2D eigenvalue weighted by Crippen LogP contribution is 2.19. The summed E-state index contributed by atoms with van der Waals surface area (Å²) in [5.74, 6) is -0.105. The standard InChI is InChI=1S/C10H19N3O2/c1-7(2)13-9(14)8(3)12(10(13)15)6-4-5-11/h7-8H,4-6,11H2,1-3H3. The average molecular weight is 213 g/mol. The van der Waals surface area contributed by atoms with E-state index in [0.29, 0.717) is 13.1 Å². The summed E-state index contributed by atoms with van der Waals surface area (Å²) in [7, 11) is 0. The number of hydrogen-bond donors (Lipinski definition) is 1. The van der Waals surface area contributed by atoms with E-state index in [1.165, 1.54) is 4.90 Å². The van der Waals surface area contributed by atoms with Gasteiger partial charge in [-0.3, -0.25) is 9.69 Å². The fourth-order valence-electron chi connectivity index (χ4n) is 1.76. The Morgan fingerprint density at radius 3 is 2.40 bits per heavy atom. The van der Waals surface area contributed by atoms with Crippen LogP contribution in [-0.2, 0) is 4.79 Å². The van der Waals surface area contributed by atoms with Gasteiger partial charge in [0.25, 0.3) is 5.91 Å². The Kier molecular flexibility index (Phi) is 3.68. The van der Waals surface area contributed by atoms with Crippen LogP contribution in [0.4, 0.5) is 4.79 Å². The third-order valence-corrected chi connectivity index (χ3v) is 2.63. The molecule has 15 heavy (non-hydrogen) atoms. The minimum atomic E-state index is -0.341. The van der Waals surface area contributed by atoms with E-state index in [9.17, 15) is 9.59 Å². The molecular formula is C10H19N3O2. The van der Waals surface area contributed by atoms with Gasteiger partial charge in [0.05, 0.1) is 0 Å². The van der Waals surface area contributed by atoms with E-state index in [1.807, 2.05) is 13.8 Å². The summed E-state index contributed by atoms with van der Waals surface area (Å²) in [6.07, 6.45) is 0.731. The molecule has 1 fully saturated rings. The van der Waals surface area contributed by atoms with Gasteiger partial charge >= 0.3 is 6.03 Å². The molecule has 5 heteroatoms. The number of carbonyl (C=O) groups is 2. The Hall–Kier alpha value is -1.10. The van der Waals surface area contributed by atoms with E-state index < -0.39 is 0 Å². The smallest absolute Gasteiger partial charge is 0.327 e. The number of urea groups is 1. The molecule has 0 aliphatic carbocycles. The van der Waals surface area contributed by atoms with Crippen LogP contribution < -0.4 is 5.73 Å². The summed E-state index contributed by atoms with van der Waals surface area (Å²) in [5.41, 5.74) is 5.39. The highest BCUT2D eigenvalue weighted by Gasteiger charge is 2.42. The summed E-state index contributed by atoms with van der Waals surface area (Å²) in [6.45, 7) is 6.54. The van der Waals surface area contributed by atoms with Gasteiger partial charge in [0.15, 0.2) is 0 Å². The van der Waals surface area contributed by atoms with E-state index in [2.05, 4.69) is 0 Å². The van der Waals surface area contributed by atoms with Crippen LogP contribution in [0.5, 0.6) is 0 Å². The van der Waals surface area contributed by atoms with Gasteiger partial charge in [-0.1, -0.05) is 0 Å². The fraction of sp³-hybridized carbons (Fsp3) is 0.800. The first kappa shape index (κ1) is 12.0. The Bertz CT molecular complexity index is 265. The van der Waals surface area contributed by atoms with Crippen molar-refractivity contribution >= 4 is 11.9 Å². The first-order valence-electron chi connectivity index (χ1n) is 5.34. The van der Waals surface area contributed by atoms with Crippen molar-refractivity contribution in [1.82, 2.24) is 9.80 Å². The van der Waals surface area contributed by atoms with Crippen molar-refractivity contribution in [2.45, 2.75) is 39.3 Å². The zero-order chi connectivity index (χ0) is 11.6. The van der Waals surface area contributed by atoms with Gasteiger partial charge in [-0.15, -0.1) is 0 Å². The Labute approximate surface area is 90.2 Å². The number of carbonyl (C=O) groups excluding carboxylic acids is 2. The van der Waals surface area contributed by atoms with Gasteiger partial charge in [0.2, 0.25) is 0 Å². The SMILES string of the molecule is CC1C(=O)N(C(C)C)C(=O)N1CCCN. The van der Waals surface area contributed by atoms with Crippen molar-refractivity contribution in [2.24, 2.45) is 5.73 Å². The zero-order valence-electron chi connectivity index (χ0n) is 9.56. The lowest BCUT2D eigenvalue weighted by atomic mass is 10.2. The van der Waals surface area contributed by atoms with Crippen LogP contribution >= 0.6 is 0 Å². The van der Waals surface area contributed by atoms with Crippen molar-refractivity contribution in [3.8, 4) is 0 Å². The number of hydrogen-bond acceptors (Lipinski definition) is 3. The van der Waals surface area contributed by atoms with Crippen LogP contribution in [0.15, 0.2) is 0 Å². The van der Waals surface area contributed by atoms with Crippen LogP contribution in [-0.4, -0.2) is 46.9 Å². The van der Waals surface area contributed by atoms with Crippen molar-refractivity contribution in [3.63, 3.8) is 0 Å².